The molecular formula is C27H40O5S. The van der Waals surface area contributed by atoms with Gasteiger partial charge in [0.05, 0.1) is 19.8 Å². The van der Waals surface area contributed by atoms with Crippen LogP contribution in [0.4, 0.5) is 0 Å². The highest BCUT2D eigenvalue weighted by atomic mass is 32.2. The largest absolute Gasteiger partial charge is 0.344 e. The van der Waals surface area contributed by atoms with Crippen molar-refractivity contribution in [1.82, 2.24) is 0 Å². The minimum absolute atomic E-state index is 0.00287. The number of ether oxygens (including phenoxy) is 2. The van der Waals surface area contributed by atoms with Gasteiger partial charge in [0.1, 0.15) is 4.90 Å². The molecule has 1 unspecified atom stereocenters. The molecule has 1 aliphatic carbocycles. The SMILES string of the molecule is CC1CC=CC=C1C1(CCOS(=O)(=O)c2c(C(C)C)cc(C(C)C)cc2C(C)C)OCCO1. The summed E-state index contributed by atoms with van der Waals surface area (Å²) in [7, 11) is -3.96. The van der Waals surface area contributed by atoms with Crippen molar-refractivity contribution in [3.63, 3.8) is 0 Å². The van der Waals surface area contributed by atoms with E-state index in [2.05, 4.69) is 26.8 Å². The lowest BCUT2D eigenvalue weighted by atomic mass is 9.86. The normalized spacial score (nSPS) is 20.8. The third-order valence-corrected chi connectivity index (χ3v) is 8.07. The highest BCUT2D eigenvalue weighted by Gasteiger charge is 2.42. The highest BCUT2D eigenvalue weighted by molar-refractivity contribution is 7.86. The molecule has 1 heterocycles. The first-order valence-electron chi connectivity index (χ1n) is 12.2. The Morgan fingerprint density at radius 1 is 1.00 bits per heavy atom. The molecule has 184 valence electrons. The molecule has 0 spiro atoms. The summed E-state index contributed by atoms with van der Waals surface area (Å²) in [5.41, 5.74) is 3.85. The molecule has 1 fully saturated rings. The first-order valence-corrected chi connectivity index (χ1v) is 13.6. The predicted molar refractivity (Wildman–Crippen MR) is 132 cm³/mol. The molecule has 0 saturated carbocycles. The zero-order chi connectivity index (χ0) is 24.4. The van der Waals surface area contributed by atoms with E-state index in [4.69, 9.17) is 13.7 Å². The van der Waals surface area contributed by atoms with Gasteiger partial charge in [-0.1, -0.05) is 78.8 Å². The van der Waals surface area contributed by atoms with Gasteiger partial charge in [-0.25, -0.2) is 0 Å². The number of allylic oxidation sites excluding steroid dienone is 3. The molecule has 0 bridgehead atoms. The van der Waals surface area contributed by atoms with E-state index >= 15 is 0 Å². The van der Waals surface area contributed by atoms with Crippen molar-refractivity contribution >= 4 is 10.1 Å². The number of hydrogen-bond acceptors (Lipinski definition) is 5. The van der Waals surface area contributed by atoms with Crippen LogP contribution in [0.5, 0.6) is 0 Å². The van der Waals surface area contributed by atoms with Crippen molar-refractivity contribution < 1.29 is 22.1 Å². The van der Waals surface area contributed by atoms with E-state index in [0.717, 1.165) is 28.7 Å². The summed E-state index contributed by atoms with van der Waals surface area (Å²) in [6.07, 6.45) is 7.41. The van der Waals surface area contributed by atoms with Gasteiger partial charge in [0.25, 0.3) is 10.1 Å². The van der Waals surface area contributed by atoms with E-state index in [1.165, 1.54) is 0 Å². The standard InChI is InChI=1S/C27H40O5S/c1-18(2)22-16-23(19(3)4)26(24(17-22)20(5)6)33(28,29)32-13-12-27(30-14-15-31-27)25-11-9-8-10-21(25)7/h8-9,11,16-21H,10,12-15H2,1-7H3. The van der Waals surface area contributed by atoms with Crippen molar-refractivity contribution in [2.24, 2.45) is 5.92 Å². The summed E-state index contributed by atoms with van der Waals surface area (Å²) in [4.78, 5) is 0.326. The van der Waals surface area contributed by atoms with Crippen molar-refractivity contribution in [1.29, 1.82) is 0 Å². The van der Waals surface area contributed by atoms with E-state index < -0.39 is 15.9 Å². The average Bonchev–Trinajstić information content (AvgIpc) is 3.22. The molecule has 6 heteroatoms. The molecule has 1 aliphatic heterocycles. The molecule has 3 rings (SSSR count). The van der Waals surface area contributed by atoms with Crippen molar-refractivity contribution in [2.75, 3.05) is 19.8 Å². The second kappa shape index (κ2) is 10.4. The van der Waals surface area contributed by atoms with Crippen LogP contribution in [0.1, 0.15) is 95.8 Å². The monoisotopic (exact) mass is 476 g/mol. The average molecular weight is 477 g/mol. The fourth-order valence-electron chi connectivity index (χ4n) is 4.68. The van der Waals surface area contributed by atoms with E-state index in [0.29, 0.717) is 30.4 Å². The van der Waals surface area contributed by atoms with Crippen LogP contribution in [0.25, 0.3) is 0 Å². The topological polar surface area (TPSA) is 61.8 Å². The van der Waals surface area contributed by atoms with Crippen LogP contribution in [-0.2, 0) is 23.8 Å². The fourth-order valence-corrected chi connectivity index (χ4v) is 6.27. The molecule has 0 aromatic heterocycles. The van der Waals surface area contributed by atoms with Crippen LogP contribution in [0, 0.1) is 5.92 Å². The van der Waals surface area contributed by atoms with E-state index in [1.54, 1.807) is 0 Å². The van der Waals surface area contributed by atoms with Gasteiger partial charge in [-0.05, 0) is 52.4 Å². The van der Waals surface area contributed by atoms with Crippen molar-refractivity contribution in [3.05, 3.63) is 52.6 Å². The first-order chi connectivity index (χ1) is 15.5. The lowest BCUT2D eigenvalue weighted by molar-refractivity contribution is -0.140. The molecule has 5 nitrogen and oxygen atoms in total. The molecule has 1 aromatic carbocycles. The summed E-state index contributed by atoms with van der Waals surface area (Å²) in [6.45, 7) is 15.5. The molecule has 2 aliphatic rings. The van der Waals surface area contributed by atoms with E-state index in [9.17, 15) is 8.42 Å². The zero-order valence-electron chi connectivity index (χ0n) is 21.2. The summed E-state index contributed by atoms with van der Waals surface area (Å²) in [5, 5.41) is 0. The van der Waals surface area contributed by atoms with E-state index in [1.807, 2.05) is 52.0 Å². The number of rotatable bonds is 9. The second-order valence-electron chi connectivity index (χ2n) is 10.2. The third-order valence-electron chi connectivity index (χ3n) is 6.63. The van der Waals surface area contributed by atoms with Gasteiger partial charge < -0.3 is 9.47 Å². The maximum absolute atomic E-state index is 13.6. The van der Waals surface area contributed by atoms with Crippen LogP contribution < -0.4 is 0 Å². The molecule has 1 atom stereocenters. The molecular weight excluding hydrogens is 436 g/mol. The Hall–Kier alpha value is -1.47. The van der Waals surface area contributed by atoms with E-state index in [-0.39, 0.29) is 24.4 Å². The molecule has 0 amide bonds. The summed E-state index contributed by atoms with van der Waals surface area (Å²) in [5.74, 6) is -0.213. The minimum Gasteiger partial charge on any atom is -0.344 e. The number of benzene rings is 1. The van der Waals surface area contributed by atoms with Gasteiger partial charge in [-0.15, -0.1) is 0 Å². The van der Waals surface area contributed by atoms with Crippen molar-refractivity contribution in [2.45, 2.75) is 89.7 Å². The Morgan fingerprint density at radius 3 is 2.06 bits per heavy atom. The Morgan fingerprint density at radius 2 is 1.58 bits per heavy atom. The van der Waals surface area contributed by atoms with Gasteiger partial charge in [-0.3, -0.25) is 4.18 Å². The fraction of sp³-hybridized carbons (Fsp3) is 0.630. The lowest BCUT2D eigenvalue weighted by Gasteiger charge is -2.34. The maximum Gasteiger partial charge on any atom is 0.297 e. The Bertz CT molecular complexity index is 966. The van der Waals surface area contributed by atoms with Gasteiger partial charge in [0, 0.05) is 6.42 Å². The van der Waals surface area contributed by atoms with Gasteiger partial charge in [0.2, 0.25) is 0 Å². The van der Waals surface area contributed by atoms with Gasteiger partial charge >= 0.3 is 0 Å². The lowest BCUT2D eigenvalue weighted by Crippen LogP contribution is -2.37. The molecule has 33 heavy (non-hydrogen) atoms. The van der Waals surface area contributed by atoms with Crippen LogP contribution >= 0.6 is 0 Å². The Balaban J connectivity index is 1.90. The maximum atomic E-state index is 13.6. The predicted octanol–water partition coefficient (Wildman–Crippen LogP) is 6.42. The molecule has 1 aromatic rings. The summed E-state index contributed by atoms with van der Waals surface area (Å²) < 4.78 is 44.9. The van der Waals surface area contributed by atoms with Crippen LogP contribution in [0.15, 0.2) is 40.8 Å². The van der Waals surface area contributed by atoms with Crippen LogP contribution in [0.2, 0.25) is 0 Å². The first kappa shape index (κ1) is 26.1. The van der Waals surface area contributed by atoms with Gasteiger partial charge in [-0.2, -0.15) is 8.42 Å². The second-order valence-corrected chi connectivity index (χ2v) is 11.7. The Kier molecular flexibility index (Phi) is 8.26. The third kappa shape index (κ3) is 5.61. The highest BCUT2D eigenvalue weighted by Crippen LogP contribution is 2.40. The minimum atomic E-state index is -3.96. The number of hydrogen-bond donors (Lipinski definition) is 0. The molecule has 0 N–H and O–H groups in total. The van der Waals surface area contributed by atoms with Crippen molar-refractivity contribution in [3.8, 4) is 0 Å². The van der Waals surface area contributed by atoms with Crippen LogP contribution in [0.3, 0.4) is 0 Å². The molecule has 0 radical (unpaired) electrons. The Labute approximate surface area is 200 Å². The van der Waals surface area contributed by atoms with Crippen LogP contribution in [-0.4, -0.2) is 34.0 Å². The van der Waals surface area contributed by atoms with Gasteiger partial charge in [0.15, 0.2) is 5.79 Å². The smallest absolute Gasteiger partial charge is 0.297 e. The quantitative estimate of drug-likeness (QED) is 0.385. The zero-order valence-corrected chi connectivity index (χ0v) is 22.0. The molecule has 1 saturated heterocycles. The summed E-state index contributed by atoms with van der Waals surface area (Å²) in [6, 6.07) is 4.06. The summed E-state index contributed by atoms with van der Waals surface area (Å²) >= 11 is 0.